The molecule has 2 fully saturated rings. The smallest absolute Gasteiger partial charge is 0.254 e. The van der Waals surface area contributed by atoms with Crippen molar-refractivity contribution >= 4 is 64.6 Å². The van der Waals surface area contributed by atoms with Crippen LogP contribution in [0.3, 0.4) is 0 Å². The molecule has 0 radical (unpaired) electrons. The minimum Gasteiger partial charge on any atom is -0.387 e. The number of benzene rings is 2. The van der Waals surface area contributed by atoms with E-state index in [1.807, 2.05) is 108 Å². The Morgan fingerprint density at radius 2 is 1.79 bits per heavy atom. The average molecular weight is 1110 g/mol. The molecular formula is C61H80FN11O6S. The van der Waals surface area contributed by atoms with Crippen LogP contribution in [0, 0.1) is 12.3 Å². The second-order valence-corrected chi connectivity index (χ2v) is 23.8. The maximum atomic E-state index is 14.1. The minimum absolute atomic E-state index is 0.167. The van der Waals surface area contributed by atoms with Crippen molar-refractivity contribution in [3.05, 3.63) is 118 Å². The molecule has 0 bridgehead atoms. The monoisotopic (exact) mass is 1110 g/mol. The van der Waals surface area contributed by atoms with Gasteiger partial charge in [-0.1, -0.05) is 70.4 Å². The molecule has 4 aromatic rings. The Morgan fingerprint density at radius 1 is 1.04 bits per heavy atom. The van der Waals surface area contributed by atoms with Crippen molar-refractivity contribution in [2.45, 2.75) is 136 Å². The van der Waals surface area contributed by atoms with Crippen molar-refractivity contribution in [1.82, 2.24) is 40.6 Å². The van der Waals surface area contributed by atoms with Gasteiger partial charge in [-0.3, -0.25) is 24.2 Å². The lowest BCUT2D eigenvalue weighted by Crippen LogP contribution is -2.57. The molecule has 19 heteroatoms. The Bertz CT molecular complexity index is 2960. The number of unbranched alkanes of at least 4 members (excludes halogenated alkanes) is 4. The van der Waals surface area contributed by atoms with E-state index in [1.54, 1.807) is 28.6 Å². The fraction of sp³-hybridized carbons (Fsp3) is 0.492. The highest BCUT2D eigenvalue weighted by molar-refractivity contribution is 7.13. The summed E-state index contributed by atoms with van der Waals surface area (Å²) in [7, 11) is 3.99. The van der Waals surface area contributed by atoms with Crippen molar-refractivity contribution in [3.8, 4) is 10.4 Å². The summed E-state index contributed by atoms with van der Waals surface area (Å²) in [5, 5.41) is 24.1. The van der Waals surface area contributed by atoms with Gasteiger partial charge < -0.3 is 50.7 Å². The number of halogens is 1. The zero-order chi connectivity index (χ0) is 57.1. The number of allylic oxidation sites excluding steroid dienone is 2. The maximum Gasteiger partial charge on any atom is 0.254 e. The molecule has 5 N–H and O–H groups in total. The lowest BCUT2D eigenvalue weighted by molar-refractivity contribution is -0.144. The molecule has 4 amide bonds. The Labute approximate surface area is 474 Å². The molecule has 3 unspecified atom stereocenters. The molecule has 3 atom stereocenters. The van der Waals surface area contributed by atoms with Crippen LogP contribution in [-0.2, 0) is 32.2 Å². The zero-order valence-corrected chi connectivity index (χ0v) is 48.4. The number of fused-ring (bicyclic) bond motifs is 1. The topological polar surface area (TPSA) is 197 Å². The van der Waals surface area contributed by atoms with Gasteiger partial charge in [0.2, 0.25) is 17.7 Å². The number of nitrogens with zero attached hydrogens (tertiary/aromatic N) is 7. The number of anilines is 3. The van der Waals surface area contributed by atoms with E-state index in [2.05, 4.69) is 47.8 Å². The molecule has 8 rings (SSSR count). The number of aromatic nitrogens is 2. The number of hydrogen-bond donors (Lipinski definition) is 5. The second-order valence-electron chi connectivity index (χ2n) is 22.9. The van der Waals surface area contributed by atoms with Crippen LogP contribution in [0.15, 0.2) is 89.4 Å². The Morgan fingerprint density at radius 3 is 2.48 bits per heavy atom. The molecule has 0 saturated carbocycles. The third-order valence-electron chi connectivity index (χ3n) is 15.5. The van der Waals surface area contributed by atoms with E-state index >= 15 is 0 Å². The van der Waals surface area contributed by atoms with E-state index in [1.165, 1.54) is 12.2 Å². The Hall–Kier alpha value is -6.80. The molecule has 2 saturated heterocycles. The molecule has 6 heterocycles. The molecule has 0 aliphatic carbocycles. The molecule has 17 nitrogen and oxygen atoms in total. The highest BCUT2D eigenvalue weighted by Crippen LogP contribution is 2.37. The highest BCUT2D eigenvalue weighted by atomic mass is 32.1. The first-order valence-corrected chi connectivity index (χ1v) is 29.0. The molecule has 2 aromatic heterocycles. The van der Waals surface area contributed by atoms with Gasteiger partial charge in [-0.05, 0) is 126 Å². The fourth-order valence-electron chi connectivity index (χ4n) is 11.0. The molecule has 80 heavy (non-hydrogen) atoms. The number of aliphatic hydroxyl groups is 1. The van der Waals surface area contributed by atoms with Crippen LogP contribution in [0.2, 0.25) is 0 Å². The number of thiazole rings is 1. The number of piperidine rings is 1. The number of rotatable bonds is 24. The van der Waals surface area contributed by atoms with Gasteiger partial charge >= 0.3 is 0 Å². The lowest BCUT2D eigenvalue weighted by atomic mass is 9.85. The van der Waals surface area contributed by atoms with E-state index < -0.39 is 23.1 Å². The number of carbonyl (C=O) groups excluding carboxylic acids is 4. The second kappa shape index (κ2) is 26.6. The summed E-state index contributed by atoms with van der Waals surface area (Å²) >= 11 is 1.60. The summed E-state index contributed by atoms with van der Waals surface area (Å²) in [5.41, 5.74) is 8.67. The van der Waals surface area contributed by atoms with E-state index in [4.69, 9.17) is 9.72 Å². The molecule has 4 aliphatic heterocycles. The van der Waals surface area contributed by atoms with Crippen molar-refractivity contribution in [1.29, 1.82) is 0 Å². The number of aliphatic imine (C=N–C) groups is 1. The van der Waals surface area contributed by atoms with Crippen molar-refractivity contribution in [2.75, 3.05) is 63.7 Å². The van der Waals surface area contributed by atoms with Crippen LogP contribution in [0.5, 0.6) is 0 Å². The molecular weight excluding hydrogens is 1030 g/mol. The van der Waals surface area contributed by atoms with Crippen molar-refractivity contribution in [2.24, 2.45) is 10.4 Å². The number of pyridine rings is 1. The van der Waals surface area contributed by atoms with Gasteiger partial charge in [0, 0.05) is 64.1 Å². The van der Waals surface area contributed by atoms with Gasteiger partial charge in [0.05, 0.1) is 68.9 Å². The number of likely N-dealkylation sites (tertiary alicyclic amines) is 1. The van der Waals surface area contributed by atoms with Crippen LogP contribution < -0.4 is 26.2 Å². The molecule has 428 valence electrons. The van der Waals surface area contributed by atoms with Crippen LogP contribution in [0.25, 0.3) is 16.1 Å². The van der Waals surface area contributed by atoms with E-state index in [9.17, 15) is 28.7 Å². The van der Waals surface area contributed by atoms with E-state index in [0.717, 1.165) is 69.9 Å². The highest BCUT2D eigenvalue weighted by Gasteiger charge is 2.42. The van der Waals surface area contributed by atoms with Crippen molar-refractivity contribution in [3.63, 3.8) is 0 Å². The zero-order valence-electron chi connectivity index (χ0n) is 47.6. The number of amides is 4. The standard InChI is InChI=1S/C61H80FN11O6S/c1-40(42-17-19-43(20-18-42)55-41(2)65-39-80-55)66-57(75)50-15-14-29-73(50)59(77)56(60(3,4)5)69-53(74)16-12-10-9-11-13-34-79-38-61(78)27-32-72(33-28-61)49-23-24-52(68-48(49)37-70(7)8)67-47-22-21-45(46-35-64-58(76)54(46)47)51(36-63-6)71-30-25-44(62)26-31-71/h17-26,30,36,39-40,50,56,78H,6,9-16,27-29,31-35,37-38H2,1-5,7-8H3,(H,64,76)(H,66,75)(H,67,68)(H,69,74)/b51-36-. The van der Waals surface area contributed by atoms with Gasteiger partial charge in [0.1, 0.15) is 23.7 Å². The van der Waals surface area contributed by atoms with Crippen LogP contribution in [0.4, 0.5) is 21.6 Å². The summed E-state index contributed by atoms with van der Waals surface area (Å²) in [6.45, 7) is 17.2. The predicted octanol–water partition coefficient (Wildman–Crippen LogP) is 9.33. The van der Waals surface area contributed by atoms with Gasteiger partial charge in [-0.2, -0.15) is 0 Å². The number of hydrogen-bond acceptors (Lipinski definition) is 14. The van der Waals surface area contributed by atoms with Crippen LogP contribution >= 0.6 is 11.3 Å². The predicted molar refractivity (Wildman–Crippen MR) is 315 cm³/mol. The van der Waals surface area contributed by atoms with E-state index in [-0.39, 0.29) is 42.1 Å². The first kappa shape index (κ1) is 59.3. The van der Waals surface area contributed by atoms with Crippen LogP contribution in [-0.4, -0.2) is 131 Å². The third kappa shape index (κ3) is 14.8. The maximum absolute atomic E-state index is 14.1. The normalized spacial score (nSPS) is 17.9. The largest absolute Gasteiger partial charge is 0.387 e. The number of carbonyl (C=O) groups is 4. The minimum atomic E-state index is -0.940. The van der Waals surface area contributed by atoms with Gasteiger partial charge in [-0.15, -0.1) is 11.3 Å². The first-order chi connectivity index (χ1) is 38.3. The first-order valence-electron chi connectivity index (χ1n) is 28.1. The quantitative estimate of drug-likeness (QED) is 0.0330. The summed E-state index contributed by atoms with van der Waals surface area (Å²) < 4.78 is 19.9. The fourth-order valence-corrected chi connectivity index (χ4v) is 11.8. The molecule has 0 spiro atoms. The summed E-state index contributed by atoms with van der Waals surface area (Å²) in [4.78, 5) is 76.9. The van der Waals surface area contributed by atoms with Crippen molar-refractivity contribution < 1.29 is 33.4 Å². The Kier molecular flexibility index (Phi) is 19.8. The summed E-state index contributed by atoms with van der Waals surface area (Å²) in [6.07, 6.45) is 13.1. The van der Waals surface area contributed by atoms with Gasteiger partial charge in [-0.25, -0.2) is 14.4 Å². The number of aryl methyl sites for hydroxylation is 1. The third-order valence-corrected chi connectivity index (χ3v) is 16.4. The lowest BCUT2D eigenvalue weighted by Gasteiger charge is -2.39. The Balaban J connectivity index is 0.746. The molecule has 2 aromatic carbocycles. The summed E-state index contributed by atoms with van der Waals surface area (Å²) in [5.74, 6) is -0.495. The molecule has 4 aliphatic rings. The van der Waals surface area contributed by atoms with Crippen LogP contribution in [0.1, 0.15) is 136 Å². The number of ether oxygens (including phenoxy) is 1. The number of nitrogens with one attached hydrogen (secondary N) is 4. The van der Waals surface area contributed by atoms with Gasteiger partial charge in [0.15, 0.2) is 0 Å². The van der Waals surface area contributed by atoms with E-state index in [0.29, 0.717) is 107 Å². The SMILES string of the molecule is C=N/C=C(/c1ccc(Nc2ccc(N3CCC(O)(COCCCCCCCC(=O)NC(C(=O)N4CCCC4C(=O)NC(C)c4ccc(-c5scnc5C)cc4)C(C)(C)C)CC3)c(CN(C)C)n2)c2c1CNC2=O)N1C=CC(F)=CC1. The summed E-state index contributed by atoms with van der Waals surface area (Å²) in [6, 6.07) is 14.3. The average Bonchev–Trinajstić information content (AvgIpc) is 4.20. The van der Waals surface area contributed by atoms with Gasteiger partial charge in [0.25, 0.3) is 5.91 Å².